The number of hydrogen-bond acceptors (Lipinski definition) is 4. The molecule has 0 aliphatic rings. The summed E-state index contributed by atoms with van der Waals surface area (Å²) in [4.78, 5) is 7.66. The molecule has 1 heterocycles. The van der Waals surface area contributed by atoms with Gasteiger partial charge in [0.15, 0.2) is 5.82 Å². The monoisotopic (exact) mass is 310 g/mol. The first-order valence-electron chi connectivity index (χ1n) is 4.75. The Labute approximate surface area is 109 Å². The lowest BCUT2D eigenvalue weighted by molar-refractivity contribution is 0.584. The molecule has 0 saturated carbocycles. The van der Waals surface area contributed by atoms with Crippen LogP contribution in [0.25, 0.3) is 0 Å². The second-order valence-electron chi connectivity index (χ2n) is 3.25. The van der Waals surface area contributed by atoms with E-state index >= 15 is 0 Å². The summed E-state index contributed by atoms with van der Waals surface area (Å²) in [5.74, 6) is -1.43. The zero-order valence-electron chi connectivity index (χ0n) is 8.78. The number of nitriles is 1. The van der Waals surface area contributed by atoms with Crippen LogP contribution in [0.15, 0.2) is 28.9 Å². The van der Waals surface area contributed by atoms with Gasteiger partial charge in [0.1, 0.15) is 17.6 Å². The third kappa shape index (κ3) is 2.60. The van der Waals surface area contributed by atoms with E-state index in [9.17, 15) is 8.78 Å². The second kappa shape index (κ2) is 5.06. The molecule has 0 amide bonds. The summed E-state index contributed by atoms with van der Waals surface area (Å²) in [6.07, 6.45) is 1.36. The molecule has 1 aromatic carbocycles. The zero-order chi connectivity index (χ0) is 13.1. The van der Waals surface area contributed by atoms with Gasteiger partial charge in [0.25, 0.3) is 0 Å². The van der Waals surface area contributed by atoms with Gasteiger partial charge in [-0.05, 0) is 28.1 Å². The van der Waals surface area contributed by atoms with Gasteiger partial charge in [-0.1, -0.05) is 0 Å². The summed E-state index contributed by atoms with van der Waals surface area (Å²) in [5.41, 5.74) is 0.151. The summed E-state index contributed by atoms with van der Waals surface area (Å²) in [6.45, 7) is 0. The molecule has 0 radical (unpaired) electrons. The number of nitrogens with one attached hydrogen (secondary N) is 1. The normalized spacial score (nSPS) is 9.89. The molecule has 0 spiro atoms. The SMILES string of the molecule is N#Cc1ccnc(Nc2c(F)cc(F)cc2Br)n1. The van der Waals surface area contributed by atoms with Gasteiger partial charge in [0, 0.05) is 16.7 Å². The van der Waals surface area contributed by atoms with Crippen molar-refractivity contribution in [3.05, 3.63) is 46.2 Å². The highest BCUT2D eigenvalue weighted by Crippen LogP contribution is 2.28. The Kier molecular flexibility index (Phi) is 3.48. The summed E-state index contributed by atoms with van der Waals surface area (Å²) in [6, 6.07) is 5.10. The van der Waals surface area contributed by atoms with Crippen LogP contribution in [-0.2, 0) is 0 Å². The van der Waals surface area contributed by atoms with E-state index in [1.165, 1.54) is 12.3 Å². The van der Waals surface area contributed by atoms with Gasteiger partial charge in [-0.15, -0.1) is 0 Å². The largest absolute Gasteiger partial charge is 0.321 e. The molecule has 0 fully saturated rings. The van der Waals surface area contributed by atoms with Gasteiger partial charge >= 0.3 is 0 Å². The molecule has 90 valence electrons. The Bertz CT molecular complexity index is 616. The van der Waals surface area contributed by atoms with Crippen molar-refractivity contribution in [3.8, 4) is 6.07 Å². The molecule has 1 aromatic heterocycles. The van der Waals surface area contributed by atoms with Gasteiger partial charge in [-0.3, -0.25) is 0 Å². The maximum Gasteiger partial charge on any atom is 0.228 e. The van der Waals surface area contributed by atoms with E-state index in [1.54, 1.807) is 0 Å². The van der Waals surface area contributed by atoms with E-state index in [1.807, 2.05) is 6.07 Å². The highest BCUT2D eigenvalue weighted by molar-refractivity contribution is 9.10. The van der Waals surface area contributed by atoms with Crippen molar-refractivity contribution in [2.75, 3.05) is 5.32 Å². The molecular weight excluding hydrogens is 306 g/mol. The first-order valence-corrected chi connectivity index (χ1v) is 5.54. The Hall–Kier alpha value is -2.07. The molecule has 1 N–H and O–H groups in total. The molecule has 0 saturated heterocycles. The second-order valence-corrected chi connectivity index (χ2v) is 4.10. The van der Waals surface area contributed by atoms with Crippen molar-refractivity contribution in [1.29, 1.82) is 5.26 Å². The number of hydrogen-bond donors (Lipinski definition) is 1. The molecule has 2 aromatic rings. The lowest BCUT2D eigenvalue weighted by Crippen LogP contribution is -2.01. The van der Waals surface area contributed by atoms with Gasteiger partial charge < -0.3 is 5.32 Å². The van der Waals surface area contributed by atoms with E-state index in [-0.39, 0.29) is 21.8 Å². The molecule has 0 bridgehead atoms. The summed E-state index contributed by atoms with van der Waals surface area (Å²) in [5, 5.41) is 11.3. The molecule has 7 heteroatoms. The fourth-order valence-electron chi connectivity index (χ4n) is 1.25. The highest BCUT2D eigenvalue weighted by atomic mass is 79.9. The number of rotatable bonds is 2. The van der Waals surface area contributed by atoms with Crippen LogP contribution in [-0.4, -0.2) is 9.97 Å². The summed E-state index contributed by atoms with van der Waals surface area (Å²) < 4.78 is 26.6. The third-order valence-electron chi connectivity index (χ3n) is 2.01. The van der Waals surface area contributed by atoms with Crippen LogP contribution >= 0.6 is 15.9 Å². The maximum absolute atomic E-state index is 13.5. The predicted octanol–water partition coefficient (Wildman–Crippen LogP) is 3.13. The Morgan fingerprint density at radius 3 is 2.78 bits per heavy atom. The van der Waals surface area contributed by atoms with Crippen LogP contribution in [0, 0.1) is 23.0 Å². The average molecular weight is 311 g/mol. The molecule has 4 nitrogen and oxygen atoms in total. The fourth-order valence-corrected chi connectivity index (χ4v) is 1.76. The van der Waals surface area contributed by atoms with Gasteiger partial charge in [0.2, 0.25) is 5.95 Å². The first kappa shape index (κ1) is 12.4. The van der Waals surface area contributed by atoms with Crippen LogP contribution in [0.2, 0.25) is 0 Å². The van der Waals surface area contributed by atoms with Crippen molar-refractivity contribution >= 4 is 27.6 Å². The lowest BCUT2D eigenvalue weighted by atomic mass is 10.3. The number of nitrogens with zero attached hydrogens (tertiary/aromatic N) is 3. The first-order chi connectivity index (χ1) is 8.60. The number of aromatic nitrogens is 2. The van der Waals surface area contributed by atoms with E-state index in [0.717, 1.165) is 12.1 Å². The maximum atomic E-state index is 13.5. The highest BCUT2D eigenvalue weighted by Gasteiger charge is 2.11. The van der Waals surface area contributed by atoms with Crippen LogP contribution < -0.4 is 5.32 Å². The molecule has 0 atom stereocenters. The standard InChI is InChI=1S/C11H5BrF2N4/c12-8-3-6(13)4-9(14)10(8)18-11-16-2-1-7(5-15)17-11/h1-4H,(H,16,17,18). The minimum atomic E-state index is -0.784. The van der Waals surface area contributed by atoms with E-state index in [4.69, 9.17) is 5.26 Å². The van der Waals surface area contributed by atoms with E-state index in [2.05, 4.69) is 31.2 Å². The number of anilines is 2. The molecular formula is C11H5BrF2N4. The van der Waals surface area contributed by atoms with Crippen molar-refractivity contribution in [1.82, 2.24) is 9.97 Å². The van der Waals surface area contributed by atoms with Crippen LogP contribution in [0.4, 0.5) is 20.4 Å². The molecule has 0 aliphatic carbocycles. The van der Waals surface area contributed by atoms with Crippen LogP contribution in [0.5, 0.6) is 0 Å². The minimum Gasteiger partial charge on any atom is -0.321 e. The molecule has 2 rings (SSSR count). The Morgan fingerprint density at radius 1 is 1.33 bits per heavy atom. The lowest BCUT2D eigenvalue weighted by Gasteiger charge is -2.08. The molecule has 0 unspecified atom stereocenters. The molecule has 0 aliphatic heterocycles. The Morgan fingerprint density at radius 2 is 2.11 bits per heavy atom. The van der Waals surface area contributed by atoms with Gasteiger partial charge in [-0.25, -0.2) is 18.7 Å². The van der Waals surface area contributed by atoms with Crippen molar-refractivity contribution in [2.24, 2.45) is 0 Å². The quantitative estimate of drug-likeness (QED) is 0.925. The van der Waals surface area contributed by atoms with E-state index in [0.29, 0.717) is 0 Å². The Balaban J connectivity index is 2.37. The third-order valence-corrected chi connectivity index (χ3v) is 2.64. The van der Waals surface area contributed by atoms with E-state index < -0.39 is 11.6 Å². The number of halogens is 3. The minimum absolute atomic E-state index is 0.00601. The summed E-state index contributed by atoms with van der Waals surface area (Å²) in [7, 11) is 0. The van der Waals surface area contributed by atoms with Crippen LogP contribution in [0.1, 0.15) is 5.69 Å². The number of benzene rings is 1. The fraction of sp³-hybridized carbons (Fsp3) is 0. The van der Waals surface area contributed by atoms with Crippen molar-refractivity contribution < 1.29 is 8.78 Å². The zero-order valence-corrected chi connectivity index (χ0v) is 10.4. The summed E-state index contributed by atoms with van der Waals surface area (Å²) >= 11 is 3.03. The van der Waals surface area contributed by atoms with Crippen molar-refractivity contribution in [3.63, 3.8) is 0 Å². The smallest absolute Gasteiger partial charge is 0.228 e. The van der Waals surface area contributed by atoms with Crippen molar-refractivity contribution in [2.45, 2.75) is 0 Å². The molecule has 18 heavy (non-hydrogen) atoms. The topological polar surface area (TPSA) is 61.6 Å². The van der Waals surface area contributed by atoms with Gasteiger partial charge in [0.05, 0.1) is 5.69 Å². The van der Waals surface area contributed by atoms with Crippen LogP contribution in [0.3, 0.4) is 0 Å². The predicted molar refractivity (Wildman–Crippen MR) is 64.1 cm³/mol. The van der Waals surface area contributed by atoms with Gasteiger partial charge in [-0.2, -0.15) is 5.26 Å². The average Bonchev–Trinajstić information content (AvgIpc) is 2.34.